The van der Waals surface area contributed by atoms with E-state index in [-0.39, 0.29) is 28.4 Å². The van der Waals surface area contributed by atoms with E-state index in [0.29, 0.717) is 10.9 Å². The summed E-state index contributed by atoms with van der Waals surface area (Å²) in [5.41, 5.74) is 1.53. The number of anilines is 1. The van der Waals surface area contributed by atoms with Crippen LogP contribution >= 0.6 is 11.6 Å². The zero-order valence-electron chi connectivity index (χ0n) is 16.1. The van der Waals surface area contributed by atoms with Gasteiger partial charge in [0.15, 0.2) is 11.6 Å². The minimum absolute atomic E-state index is 0.0258. The summed E-state index contributed by atoms with van der Waals surface area (Å²) < 4.78 is 14.8. The minimum atomic E-state index is -0.580. The molecule has 2 aromatic carbocycles. The van der Waals surface area contributed by atoms with Gasteiger partial charge in [-0.1, -0.05) is 74.0 Å². The molecule has 0 saturated heterocycles. The van der Waals surface area contributed by atoms with E-state index in [4.69, 9.17) is 11.6 Å². The molecule has 0 bridgehead atoms. The second-order valence-electron chi connectivity index (χ2n) is 7.55. The fraction of sp³-hybridized carbons (Fsp3) is 0.364. The molecule has 7 heteroatoms. The highest BCUT2D eigenvalue weighted by atomic mass is 35.5. The number of hydrogen-bond donors (Lipinski definition) is 3. The van der Waals surface area contributed by atoms with Crippen molar-refractivity contribution in [3.8, 4) is 11.1 Å². The molecular weight excluding hydrogens is 391 g/mol. The van der Waals surface area contributed by atoms with Crippen LogP contribution < -0.4 is 10.6 Å². The lowest BCUT2D eigenvalue weighted by atomic mass is 9.97. The van der Waals surface area contributed by atoms with Crippen molar-refractivity contribution >= 4 is 34.4 Å². The van der Waals surface area contributed by atoms with Gasteiger partial charge in [0.25, 0.3) is 0 Å². The average molecular weight is 415 g/mol. The molecule has 5 nitrogen and oxygen atoms in total. The average Bonchev–Trinajstić information content (AvgIpc) is 3.10. The van der Waals surface area contributed by atoms with E-state index in [1.807, 2.05) is 30.3 Å². The number of H-pyrrole nitrogens is 1. The van der Waals surface area contributed by atoms with Gasteiger partial charge in [-0.25, -0.2) is 9.18 Å². The Balaban J connectivity index is 1.57. The smallest absolute Gasteiger partial charge is 0.320 e. The van der Waals surface area contributed by atoms with E-state index in [0.717, 1.165) is 31.2 Å². The number of hydrogen-bond acceptors (Lipinski definition) is 2. The summed E-state index contributed by atoms with van der Waals surface area (Å²) in [7, 11) is 0. The van der Waals surface area contributed by atoms with Crippen LogP contribution in [-0.2, 0) is 0 Å². The Bertz CT molecular complexity index is 997. The number of fused-ring (bicyclic) bond motifs is 1. The van der Waals surface area contributed by atoms with Crippen LogP contribution in [0.2, 0.25) is 5.02 Å². The van der Waals surface area contributed by atoms with Crippen LogP contribution in [-0.4, -0.2) is 22.3 Å². The van der Waals surface area contributed by atoms with E-state index in [2.05, 4.69) is 20.8 Å². The molecule has 1 fully saturated rings. The van der Waals surface area contributed by atoms with Gasteiger partial charge in [0.05, 0.1) is 5.02 Å². The number of carbonyl (C=O) groups is 1. The Morgan fingerprint density at radius 2 is 1.79 bits per heavy atom. The molecular formula is C22H24ClFN4O. The van der Waals surface area contributed by atoms with Gasteiger partial charge < -0.3 is 5.32 Å². The van der Waals surface area contributed by atoms with Crippen LogP contribution in [0.15, 0.2) is 36.4 Å². The van der Waals surface area contributed by atoms with E-state index in [9.17, 15) is 9.18 Å². The predicted octanol–water partition coefficient (Wildman–Crippen LogP) is 6.26. The standard InChI is InChI=1S/C22H24ClFN4O/c23-18-16(14-9-5-4-6-10-14)13-17-20(19(18)24)27-28-21(17)26-22(29)25-15-11-7-2-1-3-8-12-15/h4-6,9-10,13,15H,1-3,7-8,11-12H2,(H3,25,26,27,28,29). The van der Waals surface area contributed by atoms with Gasteiger partial charge >= 0.3 is 6.03 Å². The molecule has 2 amide bonds. The van der Waals surface area contributed by atoms with Crippen molar-refractivity contribution in [2.24, 2.45) is 0 Å². The zero-order chi connectivity index (χ0) is 20.2. The summed E-state index contributed by atoms with van der Waals surface area (Å²) >= 11 is 6.26. The van der Waals surface area contributed by atoms with Crippen LogP contribution in [0.4, 0.5) is 15.0 Å². The predicted molar refractivity (Wildman–Crippen MR) is 115 cm³/mol. The summed E-state index contributed by atoms with van der Waals surface area (Å²) in [6.45, 7) is 0. The van der Waals surface area contributed by atoms with Crippen LogP contribution in [0.25, 0.3) is 22.0 Å². The minimum Gasteiger partial charge on any atom is -0.335 e. The topological polar surface area (TPSA) is 69.8 Å². The highest BCUT2D eigenvalue weighted by Gasteiger charge is 2.20. The molecule has 3 N–H and O–H groups in total. The molecule has 0 radical (unpaired) electrons. The first kappa shape index (κ1) is 19.7. The zero-order valence-corrected chi connectivity index (χ0v) is 16.9. The van der Waals surface area contributed by atoms with Crippen molar-refractivity contribution in [2.75, 3.05) is 5.32 Å². The summed E-state index contributed by atoms with van der Waals surface area (Å²) in [5, 5.41) is 13.1. The fourth-order valence-corrected chi connectivity index (χ4v) is 4.20. The molecule has 152 valence electrons. The van der Waals surface area contributed by atoms with E-state index < -0.39 is 5.82 Å². The molecule has 29 heavy (non-hydrogen) atoms. The molecule has 3 aromatic rings. The summed E-state index contributed by atoms with van der Waals surface area (Å²) in [4.78, 5) is 12.5. The lowest BCUT2D eigenvalue weighted by Gasteiger charge is -2.21. The van der Waals surface area contributed by atoms with Gasteiger partial charge in [0.1, 0.15) is 5.52 Å². The van der Waals surface area contributed by atoms with E-state index in [1.165, 1.54) is 19.3 Å². The molecule has 0 unspecified atom stereocenters. The lowest BCUT2D eigenvalue weighted by Crippen LogP contribution is -2.38. The normalized spacial score (nSPS) is 15.7. The SMILES string of the molecule is O=C(Nc1n[nH]c2c(F)c(Cl)c(-c3ccccc3)cc12)NC1CCCCCCC1. The van der Waals surface area contributed by atoms with Gasteiger partial charge in [0, 0.05) is 17.0 Å². The van der Waals surface area contributed by atoms with Crippen molar-refractivity contribution in [1.29, 1.82) is 0 Å². The maximum absolute atomic E-state index is 14.8. The number of rotatable bonds is 3. The third-order valence-electron chi connectivity index (χ3n) is 5.50. The Hall–Kier alpha value is -2.60. The quantitative estimate of drug-likeness (QED) is 0.473. The second-order valence-corrected chi connectivity index (χ2v) is 7.93. The summed E-state index contributed by atoms with van der Waals surface area (Å²) in [6, 6.07) is 10.9. The molecule has 4 rings (SSSR count). The highest BCUT2D eigenvalue weighted by molar-refractivity contribution is 6.34. The number of nitrogens with one attached hydrogen (secondary N) is 3. The molecule has 0 spiro atoms. The van der Waals surface area contributed by atoms with Crippen molar-refractivity contribution in [1.82, 2.24) is 15.5 Å². The van der Waals surface area contributed by atoms with E-state index >= 15 is 0 Å². The molecule has 1 aliphatic rings. The van der Waals surface area contributed by atoms with Gasteiger partial charge in [0.2, 0.25) is 0 Å². The van der Waals surface area contributed by atoms with Crippen LogP contribution in [0.3, 0.4) is 0 Å². The van der Waals surface area contributed by atoms with Gasteiger partial charge in [-0.2, -0.15) is 5.10 Å². The first-order valence-corrected chi connectivity index (χ1v) is 10.5. The number of nitrogens with zero attached hydrogens (tertiary/aromatic N) is 1. The number of benzene rings is 2. The largest absolute Gasteiger partial charge is 0.335 e. The number of aromatic amines is 1. The van der Waals surface area contributed by atoms with Crippen molar-refractivity contribution < 1.29 is 9.18 Å². The van der Waals surface area contributed by atoms with Gasteiger partial charge in [-0.3, -0.25) is 10.4 Å². The molecule has 1 saturated carbocycles. The molecule has 0 atom stereocenters. The number of urea groups is 1. The Kier molecular flexibility index (Phi) is 6.00. The van der Waals surface area contributed by atoms with Crippen molar-refractivity contribution in [3.63, 3.8) is 0 Å². The fourth-order valence-electron chi connectivity index (χ4n) is 3.95. The van der Waals surface area contributed by atoms with Crippen molar-refractivity contribution in [2.45, 2.75) is 51.0 Å². The van der Waals surface area contributed by atoms with Crippen LogP contribution in [0.1, 0.15) is 44.9 Å². The van der Waals surface area contributed by atoms with Crippen LogP contribution in [0.5, 0.6) is 0 Å². The summed E-state index contributed by atoms with van der Waals surface area (Å²) in [5.74, 6) is -0.292. The molecule has 0 aliphatic heterocycles. The molecule has 1 aliphatic carbocycles. The lowest BCUT2D eigenvalue weighted by molar-refractivity contribution is 0.245. The Morgan fingerprint density at radius 3 is 2.52 bits per heavy atom. The van der Waals surface area contributed by atoms with Gasteiger partial charge in [-0.15, -0.1) is 0 Å². The third kappa shape index (κ3) is 4.37. The third-order valence-corrected chi connectivity index (χ3v) is 5.87. The monoisotopic (exact) mass is 414 g/mol. The second kappa shape index (κ2) is 8.82. The van der Waals surface area contributed by atoms with E-state index in [1.54, 1.807) is 6.07 Å². The maximum Gasteiger partial charge on any atom is 0.320 e. The van der Waals surface area contributed by atoms with Crippen LogP contribution in [0, 0.1) is 5.82 Å². The number of amides is 2. The highest BCUT2D eigenvalue weighted by Crippen LogP contribution is 2.36. The number of halogens is 2. The number of carbonyl (C=O) groups excluding carboxylic acids is 1. The van der Waals surface area contributed by atoms with Gasteiger partial charge in [-0.05, 0) is 24.5 Å². The van der Waals surface area contributed by atoms with Crippen molar-refractivity contribution in [3.05, 3.63) is 47.2 Å². The summed E-state index contributed by atoms with van der Waals surface area (Å²) in [6.07, 6.45) is 7.92. The molecule has 1 aromatic heterocycles. The Morgan fingerprint density at radius 1 is 1.10 bits per heavy atom. The molecule has 1 heterocycles. The maximum atomic E-state index is 14.8. The first-order chi connectivity index (χ1) is 14.1. The number of aromatic nitrogens is 2. The Labute approximate surface area is 174 Å². The first-order valence-electron chi connectivity index (χ1n) is 10.1.